The first-order valence-corrected chi connectivity index (χ1v) is 8.53. The van der Waals surface area contributed by atoms with Crippen LogP contribution in [0, 0.1) is 0 Å². The van der Waals surface area contributed by atoms with Gasteiger partial charge in [0.15, 0.2) is 0 Å². The van der Waals surface area contributed by atoms with Crippen LogP contribution in [0.15, 0.2) is 64.2 Å². The van der Waals surface area contributed by atoms with Gasteiger partial charge in [-0.3, -0.25) is 4.79 Å². The first kappa shape index (κ1) is 16.5. The Morgan fingerprint density at radius 1 is 1.17 bits per heavy atom. The van der Waals surface area contributed by atoms with Gasteiger partial charge >= 0.3 is 0 Å². The van der Waals surface area contributed by atoms with Crippen LogP contribution in [-0.2, 0) is 5.41 Å². The van der Waals surface area contributed by atoms with Crippen LogP contribution in [0.1, 0.15) is 22.3 Å². The SMILES string of the molecule is O=C(N/N=C/C1(c2ccccc2)CC1(Cl)Cl)c1cccc(Br)c1. The van der Waals surface area contributed by atoms with Crippen molar-refractivity contribution >= 4 is 51.3 Å². The van der Waals surface area contributed by atoms with Gasteiger partial charge in [0.05, 0.1) is 5.41 Å². The molecule has 0 bridgehead atoms. The maximum absolute atomic E-state index is 12.1. The van der Waals surface area contributed by atoms with Crippen molar-refractivity contribution in [3.63, 3.8) is 0 Å². The van der Waals surface area contributed by atoms with E-state index < -0.39 is 9.75 Å². The highest BCUT2D eigenvalue weighted by Crippen LogP contribution is 2.63. The molecule has 2 aromatic carbocycles. The first-order valence-electron chi connectivity index (χ1n) is 6.98. The molecule has 1 fully saturated rings. The molecule has 3 nitrogen and oxygen atoms in total. The van der Waals surface area contributed by atoms with Crippen LogP contribution in [0.4, 0.5) is 0 Å². The molecule has 1 atom stereocenters. The van der Waals surface area contributed by atoms with Gasteiger partial charge in [-0.1, -0.05) is 52.3 Å². The lowest BCUT2D eigenvalue weighted by atomic mass is 9.97. The van der Waals surface area contributed by atoms with Crippen LogP contribution in [0.2, 0.25) is 0 Å². The molecule has 0 saturated heterocycles. The number of nitrogens with zero attached hydrogens (tertiary/aromatic N) is 1. The summed E-state index contributed by atoms with van der Waals surface area (Å²) < 4.78 is -0.0733. The molecule has 0 aromatic heterocycles. The minimum Gasteiger partial charge on any atom is -0.267 e. The fourth-order valence-electron chi connectivity index (χ4n) is 2.46. The van der Waals surface area contributed by atoms with Crippen molar-refractivity contribution in [1.29, 1.82) is 0 Å². The fraction of sp³-hybridized carbons (Fsp3) is 0.176. The Bertz CT molecular complexity index is 764. The number of carbonyl (C=O) groups is 1. The topological polar surface area (TPSA) is 41.5 Å². The van der Waals surface area contributed by atoms with Gasteiger partial charge in [-0.15, -0.1) is 23.2 Å². The monoisotopic (exact) mass is 410 g/mol. The molecule has 1 amide bonds. The normalized spacial score (nSPS) is 22.0. The van der Waals surface area contributed by atoms with Crippen LogP contribution in [0.25, 0.3) is 0 Å². The van der Waals surface area contributed by atoms with E-state index in [1.807, 2.05) is 36.4 Å². The van der Waals surface area contributed by atoms with E-state index in [9.17, 15) is 4.79 Å². The third-order valence-corrected chi connectivity index (χ3v) is 5.29. The molecular weight excluding hydrogens is 399 g/mol. The average Bonchev–Trinajstić information content (AvgIpc) is 3.10. The van der Waals surface area contributed by atoms with Crippen LogP contribution in [0.5, 0.6) is 0 Å². The molecule has 1 saturated carbocycles. The van der Waals surface area contributed by atoms with Crippen molar-refractivity contribution in [2.24, 2.45) is 5.10 Å². The number of hydrogen-bond acceptors (Lipinski definition) is 2. The van der Waals surface area contributed by atoms with E-state index in [1.54, 1.807) is 24.4 Å². The highest BCUT2D eigenvalue weighted by atomic mass is 79.9. The van der Waals surface area contributed by atoms with Gasteiger partial charge in [-0.05, 0) is 30.2 Å². The summed E-state index contributed by atoms with van der Waals surface area (Å²) in [5, 5.41) is 4.07. The highest BCUT2D eigenvalue weighted by Gasteiger charge is 2.66. The number of hydrogen-bond donors (Lipinski definition) is 1. The van der Waals surface area contributed by atoms with Gasteiger partial charge in [0.1, 0.15) is 4.33 Å². The molecule has 0 heterocycles. The summed E-state index contributed by atoms with van der Waals surface area (Å²) in [7, 11) is 0. The smallest absolute Gasteiger partial charge is 0.267 e. The third-order valence-electron chi connectivity index (χ3n) is 3.86. The number of hydrazone groups is 1. The van der Waals surface area contributed by atoms with Crippen molar-refractivity contribution in [3.8, 4) is 0 Å². The molecular formula is C17H13BrCl2N2O. The van der Waals surface area contributed by atoms with E-state index in [0.717, 1.165) is 10.0 Å². The lowest BCUT2D eigenvalue weighted by molar-refractivity contribution is 0.0955. The van der Waals surface area contributed by atoms with Gasteiger partial charge in [0.25, 0.3) is 5.91 Å². The number of halogens is 3. The molecule has 1 aliphatic carbocycles. The summed E-state index contributed by atoms with van der Waals surface area (Å²) in [4.78, 5) is 12.1. The molecule has 1 unspecified atom stereocenters. The van der Waals surface area contributed by atoms with E-state index in [2.05, 4.69) is 26.5 Å². The average molecular weight is 412 g/mol. The lowest BCUT2D eigenvalue weighted by Crippen LogP contribution is -2.22. The lowest BCUT2D eigenvalue weighted by Gasteiger charge is -2.13. The Morgan fingerprint density at radius 3 is 2.48 bits per heavy atom. The number of benzene rings is 2. The number of carbonyl (C=O) groups excluding carboxylic acids is 1. The van der Waals surface area contributed by atoms with E-state index in [1.165, 1.54) is 0 Å². The van der Waals surface area contributed by atoms with E-state index in [0.29, 0.717) is 12.0 Å². The zero-order valence-electron chi connectivity index (χ0n) is 12.0. The van der Waals surface area contributed by atoms with E-state index in [4.69, 9.17) is 23.2 Å². The molecule has 1 N–H and O–H groups in total. The predicted octanol–water partition coefficient (Wildman–Crippen LogP) is 4.68. The molecule has 3 rings (SSSR count). The highest BCUT2D eigenvalue weighted by molar-refractivity contribution is 9.10. The molecule has 0 radical (unpaired) electrons. The Hall–Kier alpha value is -1.36. The quantitative estimate of drug-likeness (QED) is 0.443. The Balaban J connectivity index is 1.75. The number of rotatable bonds is 4. The summed E-state index contributed by atoms with van der Waals surface area (Å²) in [6.07, 6.45) is 2.18. The minimum atomic E-state index is -0.904. The second-order valence-electron chi connectivity index (χ2n) is 5.43. The second kappa shape index (κ2) is 6.27. The van der Waals surface area contributed by atoms with E-state index >= 15 is 0 Å². The summed E-state index contributed by atoms with van der Waals surface area (Å²) in [6.45, 7) is 0. The molecule has 6 heteroatoms. The molecule has 118 valence electrons. The molecule has 23 heavy (non-hydrogen) atoms. The van der Waals surface area contributed by atoms with Crippen molar-refractivity contribution < 1.29 is 4.79 Å². The van der Waals surface area contributed by atoms with Gasteiger partial charge in [0.2, 0.25) is 0 Å². The number of alkyl halides is 2. The largest absolute Gasteiger partial charge is 0.271 e. The zero-order valence-corrected chi connectivity index (χ0v) is 15.1. The standard InChI is InChI=1S/C17H13BrCl2N2O/c18-14-8-4-5-12(9-14)15(23)22-21-11-16(10-17(16,19)20)13-6-2-1-3-7-13/h1-9,11H,10H2,(H,22,23)/b21-11+. The summed E-state index contributed by atoms with van der Waals surface area (Å²) in [5.41, 5.74) is 3.45. The number of amides is 1. The van der Waals surface area contributed by atoms with Crippen molar-refractivity contribution in [2.75, 3.05) is 0 Å². The van der Waals surface area contributed by atoms with Crippen molar-refractivity contribution in [3.05, 3.63) is 70.2 Å². The molecule has 0 aliphatic heterocycles. The Kier molecular flexibility index (Phi) is 4.50. The van der Waals surface area contributed by atoms with Crippen molar-refractivity contribution in [2.45, 2.75) is 16.2 Å². The summed E-state index contributed by atoms with van der Waals surface area (Å²) in [6, 6.07) is 16.8. The predicted molar refractivity (Wildman–Crippen MR) is 97.3 cm³/mol. The van der Waals surface area contributed by atoms with E-state index in [-0.39, 0.29) is 5.91 Å². The summed E-state index contributed by atoms with van der Waals surface area (Å²) >= 11 is 15.9. The zero-order chi connectivity index (χ0) is 16.5. The second-order valence-corrected chi connectivity index (χ2v) is 7.83. The maximum atomic E-state index is 12.1. The van der Waals surface area contributed by atoms with Gasteiger partial charge in [-0.2, -0.15) is 5.10 Å². The van der Waals surface area contributed by atoms with Gasteiger partial charge in [0, 0.05) is 16.3 Å². The molecule has 1 aliphatic rings. The van der Waals surface area contributed by atoms with Crippen LogP contribution >= 0.6 is 39.1 Å². The van der Waals surface area contributed by atoms with Crippen molar-refractivity contribution in [1.82, 2.24) is 5.43 Å². The molecule has 2 aromatic rings. The van der Waals surface area contributed by atoms with Gasteiger partial charge < -0.3 is 0 Å². The van der Waals surface area contributed by atoms with Crippen LogP contribution in [-0.4, -0.2) is 16.5 Å². The number of nitrogens with one attached hydrogen (secondary N) is 1. The Labute approximate surface area is 152 Å². The third kappa shape index (κ3) is 3.30. The van der Waals surface area contributed by atoms with Crippen LogP contribution < -0.4 is 5.43 Å². The fourth-order valence-corrected chi connectivity index (χ4v) is 3.60. The van der Waals surface area contributed by atoms with Crippen LogP contribution in [0.3, 0.4) is 0 Å². The Morgan fingerprint density at radius 2 is 1.87 bits per heavy atom. The summed E-state index contributed by atoms with van der Waals surface area (Å²) in [5.74, 6) is -0.291. The maximum Gasteiger partial charge on any atom is 0.271 e. The molecule has 0 spiro atoms. The van der Waals surface area contributed by atoms with Gasteiger partial charge in [-0.25, -0.2) is 5.43 Å². The first-order chi connectivity index (χ1) is 10.9. The minimum absolute atomic E-state index is 0.291.